The smallest absolute Gasteiger partial charge is 0.260 e. The first-order chi connectivity index (χ1) is 9.00. The Morgan fingerprint density at radius 2 is 1.47 bits per heavy atom. The molecule has 0 aliphatic heterocycles. The molecule has 98 valence electrons. The Balaban J connectivity index is 2.37. The number of carbonyl (C=O) groups is 1. The number of rotatable bonds is 2. The van der Waals surface area contributed by atoms with Gasteiger partial charge in [-0.2, -0.15) is 0 Å². The summed E-state index contributed by atoms with van der Waals surface area (Å²) in [6.07, 6.45) is 0. The lowest BCUT2D eigenvalue weighted by atomic mass is 10.2. The summed E-state index contributed by atoms with van der Waals surface area (Å²) in [6.45, 7) is 0. The zero-order chi connectivity index (χ0) is 14.0. The number of amides is 1. The van der Waals surface area contributed by atoms with Crippen LogP contribution in [0.15, 0.2) is 49.8 Å². The lowest BCUT2D eigenvalue weighted by Gasteiger charge is -2.11. The molecule has 0 atom stereocenters. The van der Waals surface area contributed by atoms with Crippen molar-refractivity contribution >= 4 is 59.4 Å². The minimum absolute atomic E-state index is 0.0740. The van der Waals surface area contributed by atoms with E-state index in [9.17, 15) is 9.90 Å². The van der Waals surface area contributed by atoms with Gasteiger partial charge < -0.3 is 10.4 Å². The van der Waals surface area contributed by atoms with E-state index < -0.39 is 5.91 Å². The Kier molecular flexibility index (Phi) is 4.65. The molecule has 0 saturated heterocycles. The molecule has 6 heteroatoms. The normalized spacial score (nSPS) is 10.3. The largest absolute Gasteiger partial charge is 0.507 e. The predicted molar refractivity (Wildman–Crippen MR) is 85.6 cm³/mol. The van der Waals surface area contributed by atoms with E-state index in [4.69, 9.17) is 0 Å². The molecule has 2 N–H and O–H groups in total. The Labute approximate surface area is 135 Å². The maximum atomic E-state index is 12.2. The van der Waals surface area contributed by atoms with Crippen molar-refractivity contribution < 1.29 is 9.90 Å². The van der Waals surface area contributed by atoms with E-state index >= 15 is 0 Å². The molecule has 0 saturated carbocycles. The van der Waals surface area contributed by atoms with Crippen molar-refractivity contribution in [3.63, 3.8) is 0 Å². The van der Waals surface area contributed by atoms with E-state index in [0.29, 0.717) is 10.2 Å². The molecule has 3 nitrogen and oxygen atoms in total. The third-order valence-electron chi connectivity index (χ3n) is 2.42. The Morgan fingerprint density at radius 3 is 2.05 bits per heavy atom. The van der Waals surface area contributed by atoms with Gasteiger partial charge in [0.15, 0.2) is 0 Å². The van der Waals surface area contributed by atoms with Crippen LogP contribution in [0.25, 0.3) is 0 Å². The highest BCUT2D eigenvalue weighted by Gasteiger charge is 2.17. The van der Waals surface area contributed by atoms with Gasteiger partial charge >= 0.3 is 0 Å². The Bertz CT molecular complexity index is 603. The molecule has 0 aliphatic rings. The second-order valence-electron chi connectivity index (χ2n) is 3.68. The Hall–Kier alpha value is -0.850. The standard InChI is InChI=1S/C13H8Br3NO2/c14-7-3-2-6-10(18)11(7)13(19)17-12-8(15)4-1-5-9(12)16/h1-6,18H,(H,17,19). The number of nitrogens with one attached hydrogen (secondary N) is 1. The van der Waals surface area contributed by atoms with Gasteiger partial charge in [-0.15, -0.1) is 0 Å². The van der Waals surface area contributed by atoms with Crippen LogP contribution in [0.2, 0.25) is 0 Å². The van der Waals surface area contributed by atoms with Gasteiger partial charge in [0.2, 0.25) is 0 Å². The first-order valence-corrected chi connectivity index (χ1v) is 7.61. The average molecular weight is 450 g/mol. The zero-order valence-electron chi connectivity index (χ0n) is 9.45. The van der Waals surface area contributed by atoms with Crippen molar-refractivity contribution in [2.45, 2.75) is 0 Å². The summed E-state index contributed by atoms with van der Waals surface area (Å²) >= 11 is 9.99. The molecule has 0 radical (unpaired) electrons. The number of phenols is 1. The lowest BCUT2D eigenvalue weighted by molar-refractivity contribution is 0.102. The number of carbonyl (C=O) groups excluding carboxylic acids is 1. The first kappa shape index (κ1) is 14.6. The molecule has 0 aliphatic carbocycles. The van der Waals surface area contributed by atoms with Crippen LogP contribution in [0.5, 0.6) is 5.75 Å². The zero-order valence-corrected chi connectivity index (χ0v) is 14.2. The first-order valence-electron chi connectivity index (χ1n) is 5.23. The molecule has 0 spiro atoms. The van der Waals surface area contributed by atoms with Gasteiger partial charge in [-0.1, -0.05) is 12.1 Å². The summed E-state index contributed by atoms with van der Waals surface area (Å²) in [7, 11) is 0. The lowest BCUT2D eigenvalue weighted by Crippen LogP contribution is -2.13. The number of hydrogen-bond acceptors (Lipinski definition) is 2. The van der Waals surface area contributed by atoms with Gasteiger partial charge in [-0.25, -0.2) is 0 Å². The third-order valence-corrected chi connectivity index (χ3v) is 4.40. The molecule has 2 rings (SSSR count). The monoisotopic (exact) mass is 447 g/mol. The quantitative estimate of drug-likeness (QED) is 0.682. The van der Waals surface area contributed by atoms with Crippen molar-refractivity contribution in [1.82, 2.24) is 0 Å². The summed E-state index contributed by atoms with van der Waals surface area (Å²) in [4.78, 5) is 12.2. The molecule has 19 heavy (non-hydrogen) atoms. The summed E-state index contributed by atoms with van der Waals surface area (Å²) < 4.78 is 2.04. The average Bonchev–Trinajstić information content (AvgIpc) is 2.34. The summed E-state index contributed by atoms with van der Waals surface area (Å²) in [6, 6.07) is 10.3. The van der Waals surface area contributed by atoms with Crippen LogP contribution >= 0.6 is 47.8 Å². The SMILES string of the molecule is O=C(Nc1c(Br)cccc1Br)c1c(O)cccc1Br. The number of phenolic OH excluding ortho intramolecular Hbond substituents is 1. The molecule has 0 fully saturated rings. The van der Waals surface area contributed by atoms with Crippen LogP contribution in [-0.4, -0.2) is 11.0 Å². The van der Waals surface area contributed by atoms with E-state index in [1.165, 1.54) is 6.07 Å². The van der Waals surface area contributed by atoms with Crippen LogP contribution in [0.3, 0.4) is 0 Å². The minimum Gasteiger partial charge on any atom is -0.507 e. The van der Waals surface area contributed by atoms with Crippen LogP contribution in [0.1, 0.15) is 10.4 Å². The second kappa shape index (κ2) is 6.07. The molecule has 0 heterocycles. The summed E-state index contributed by atoms with van der Waals surface area (Å²) in [5.41, 5.74) is 0.813. The van der Waals surface area contributed by atoms with Crippen molar-refractivity contribution in [2.24, 2.45) is 0 Å². The van der Waals surface area contributed by atoms with Crippen LogP contribution in [0, 0.1) is 0 Å². The molecule has 1 amide bonds. The van der Waals surface area contributed by atoms with Crippen LogP contribution in [0.4, 0.5) is 5.69 Å². The molecule has 2 aromatic carbocycles. The van der Waals surface area contributed by atoms with Gasteiger partial charge in [0.05, 0.1) is 11.3 Å². The van der Waals surface area contributed by atoms with Gasteiger partial charge in [0.25, 0.3) is 5.91 Å². The fourth-order valence-electron chi connectivity index (χ4n) is 1.53. The maximum absolute atomic E-state index is 12.2. The van der Waals surface area contributed by atoms with Gasteiger partial charge in [0.1, 0.15) is 5.75 Å². The van der Waals surface area contributed by atoms with Crippen LogP contribution in [-0.2, 0) is 0 Å². The molecular weight excluding hydrogens is 442 g/mol. The van der Waals surface area contributed by atoms with Crippen molar-refractivity contribution in [3.8, 4) is 5.75 Å². The van der Waals surface area contributed by atoms with Crippen molar-refractivity contribution in [3.05, 3.63) is 55.4 Å². The van der Waals surface area contributed by atoms with E-state index in [1.54, 1.807) is 12.1 Å². The summed E-state index contributed by atoms with van der Waals surface area (Å²) in [5, 5.41) is 12.5. The number of para-hydroxylation sites is 1. The molecule has 0 bridgehead atoms. The van der Waals surface area contributed by atoms with E-state index in [-0.39, 0.29) is 11.3 Å². The third kappa shape index (κ3) is 3.19. The molecule has 0 unspecified atom stereocenters. The van der Waals surface area contributed by atoms with Crippen LogP contribution < -0.4 is 5.32 Å². The van der Waals surface area contributed by atoms with Crippen molar-refractivity contribution in [1.29, 1.82) is 0 Å². The molecular formula is C13H8Br3NO2. The minimum atomic E-state index is -0.391. The highest BCUT2D eigenvalue weighted by molar-refractivity contribution is 9.11. The van der Waals surface area contributed by atoms with E-state index in [0.717, 1.165) is 8.95 Å². The highest BCUT2D eigenvalue weighted by Crippen LogP contribution is 2.32. The highest BCUT2D eigenvalue weighted by atomic mass is 79.9. The maximum Gasteiger partial charge on any atom is 0.260 e. The number of aromatic hydroxyl groups is 1. The fourth-order valence-corrected chi connectivity index (χ4v) is 3.26. The van der Waals surface area contributed by atoms with E-state index in [1.807, 2.05) is 18.2 Å². The summed E-state index contributed by atoms with van der Waals surface area (Å²) in [5.74, 6) is -0.465. The Morgan fingerprint density at radius 1 is 0.947 bits per heavy atom. The number of benzene rings is 2. The topological polar surface area (TPSA) is 49.3 Å². The molecule has 2 aromatic rings. The number of anilines is 1. The number of hydrogen-bond donors (Lipinski definition) is 2. The van der Waals surface area contributed by atoms with Crippen molar-refractivity contribution in [2.75, 3.05) is 5.32 Å². The predicted octanol–water partition coefficient (Wildman–Crippen LogP) is 4.93. The van der Waals surface area contributed by atoms with Gasteiger partial charge in [0, 0.05) is 13.4 Å². The second-order valence-corrected chi connectivity index (χ2v) is 6.25. The van der Waals surface area contributed by atoms with E-state index in [2.05, 4.69) is 53.1 Å². The molecule has 0 aromatic heterocycles. The number of halogens is 3. The fraction of sp³-hybridized carbons (Fsp3) is 0. The van der Waals surface area contributed by atoms with Gasteiger partial charge in [-0.3, -0.25) is 4.79 Å². The van der Waals surface area contributed by atoms with Gasteiger partial charge in [-0.05, 0) is 72.1 Å².